The molecule has 0 atom stereocenters. The van der Waals surface area contributed by atoms with Crippen molar-refractivity contribution in [1.82, 2.24) is 15.5 Å². The van der Waals surface area contributed by atoms with Crippen LogP contribution in [0.1, 0.15) is 10.4 Å². The van der Waals surface area contributed by atoms with Crippen LogP contribution in [-0.2, 0) is 0 Å². The Hall–Kier alpha value is -2.46. The van der Waals surface area contributed by atoms with Gasteiger partial charge in [-0.05, 0) is 24.4 Å². The van der Waals surface area contributed by atoms with Crippen LogP contribution in [0.4, 0.5) is 10.8 Å². The molecule has 0 aliphatic carbocycles. The Bertz CT molecular complexity index is 641. The van der Waals surface area contributed by atoms with Crippen molar-refractivity contribution in [2.24, 2.45) is 0 Å². The van der Waals surface area contributed by atoms with Gasteiger partial charge in [-0.3, -0.25) is 20.2 Å². The Kier molecular flexibility index (Phi) is 4.27. The Morgan fingerprint density at radius 3 is 2.60 bits per heavy atom. The van der Waals surface area contributed by atoms with Gasteiger partial charge in [0.05, 0.1) is 4.92 Å². The molecule has 0 unspecified atom stereocenters. The van der Waals surface area contributed by atoms with E-state index in [9.17, 15) is 14.9 Å². The molecule has 0 aliphatic rings. The summed E-state index contributed by atoms with van der Waals surface area (Å²) >= 11 is 6.17. The minimum Gasteiger partial charge on any atom is -0.307 e. The number of benzene rings is 1. The Labute approximate surface area is 122 Å². The highest BCUT2D eigenvalue weighted by molar-refractivity contribution is 7.80. The highest BCUT2D eigenvalue weighted by Gasteiger charge is 2.11. The van der Waals surface area contributed by atoms with Gasteiger partial charge >= 0.3 is 0 Å². The summed E-state index contributed by atoms with van der Waals surface area (Å²) in [4.78, 5) is 21.8. The number of non-ortho nitro benzene ring substituents is 1. The normalized spacial score (nSPS) is 9.80. The maximum absolute atomic E-state index is 11.8. The molecule has 2 aromatic rings. The molecule has 2 N–H and O–H groups in total. The quantitative estimate of drug-likeness (QED) is 0.503. The maximum Gasteiger partial charge on any atom is 0.269 e. The van der Waals surface area contributed by atoms with E-state index in [0.717, 1.165) is 0 Å². The van der Waals surface area contributed by atoms with Crippen molar-refractivity contribution in [3.8, 4) is 0 Å². The number of amides is 1. The summed E-state index contributed by atoms with van der Waals surface area (Å²) in [7, 11) is 0. The zero-order chi connectivity index (χ0) is 14.5. The SMILES string of the molecule is O=C(NC(=S)Nc1nncs1)c1ccc([N+](=O)[O-])cc1. The summed E-state index contributed by atoms with van der Waals surface area (Å²) < 4.78 is 0. The van der Waals surface area contributed by atoms with Crippen molar-refractivity contribution in [2.75, 3.05) is 5.32 Å². The average Bonchev–Trinajstić information content (AvgIpc) is 2.91. The number of anilines is 1. The summed E-state index contributed by atoms with van der Waals surface area (Å²) in [5.41, 5.74) is 1.69. The van der Waals surface area contributed by atoms with E-state index in [-0.39, 0.29) is 16.4 Å². The van der Waals surface area contributed by atoms with Gasteiger partial charge in [-0.15, -0.1) is 10.2 Å². The monoisotopic (exact) mass is 309 g/mol. The predicted molar refractivity (Wildman–Crippen MR) is 76.7 cm³/mol. The van der Waals surface area contributed by atoms with E-state index in [1.54, 1.807) is 0 Å². The molecule has 2 rings (SSSR count). The molecular formula is C10H7N5O3S2. The van der Waals surface area contributed by atoms with Gasteiger partial charge in [-0.1, -0.05) is 11.3 Å². The molecule has 20 heavy (non-hydrogen) atoms. The van der Waals surface area contributed by atoms with Gasteiger partial charge in [0, 0.05) is 17.7 Å². The number of carbonyl (C=O) groups is 1. The summed E-state index contributed by atoms with van der Waals surface area (Å²) in [6, 6.07) is 5.19. The number of nitro groups is 1. The van der Waals surface area contributed by atoms with E-state index in [2.05, 4.69) is 20.8 Å². The lowest BCUT2D eigenvalue weighted by molar-refractivity contribution is -0.384. The van der Waals surface area contributed by atoms with Crippen LogP contribution in [0.25, 0.3) is 0 Å². The van der Waals surface area contributed by atoms with E-state index in [1.807, 2.05) is 0 Å². The average molecular weight is 309 g/mol. The summed E-state index contributed by atoms with van der Waals surface area (Å²) in [6.07, 6.45) is 0. The van der Waals surface area contributed by atoms with Gasteiger partial charge in [0.25, 0.3) is 11.6 Å². The van der Waals surface area contributed by atoms with Crippen molar-refractivity contribution in [3.63, 3.8) is 0 Å². The number of rotatable bonds is 3. The number of carbonyl (C=O) groups excluding carboxylic acids is 1. The van der Waals surface area contributed by atoms with Crippen molar-refractivity contribution < 1.29 is 9.72 Å². The lowest BCUT2D eigenvalue weighted by Gasteiger charge is -2.06. The highest BCUT2D eigenvalue weighted by Crippen LogP contribution is 2.12. The van der Waals surface area contributed by atoms with Crippen molar-refractivity contribution in [3.05, 3.63) is 45.5 Å². The molecule has 0 fully saturated rings. The van der Waals surface area contributed by atoms with Crippen molar-refractivity contribution >= 4 is 45.4 Å². The molecule has 102 valence electrons. The first kappa shape index (κ1) is 14.0. The zero-order valence-corrected chi connectivity index (χ0v) is 11.4. The van der Waals surface area contributed by atoms with E-state index in [4.69, 9.17) is 12.2 Å². The molecule has 0 saturated heterocycles. The number of hydrogen-bond acceptors (Lipinski definition) is 7. The molecule has 1 heterocycles. The Balaban J connectivity index is 1.97. The second-order valence-electron chi connectivity index (χ2n) is 3.46. The fraction of sp³-hybridized carbons (Fsp3) is 0. The molecule has 0 aliphatic heterocycles. The Morgan fingerprint density at radius 1 is 1.35 bits per heavy atom. The van der Waals surface area contributed by atoms with Gasteiger partial charge in [-0.2, -0.15) is 0 Å². The molecule has 8 nitrogen and oxygen atoms in total. The van der Waals surface area contributed by atoms with Gasteiger partial charge < -0.3 is 5.32 Å². The van der Waals surface area contributed by atoms with Crippen LogP contribution < -0.4 is 10.6 Å². The smallest absolute Gasteiger partial charge is 0.269 e. The molecule has 10 heteroatoms. The standard InChI is InChI=1S/C10H7N5O3S2/c16-8(6-1-3-7(4-2-6)15(17)18)12-9(19)13-10-14-11-5-20-10/h1-5H,(H2,12,13,14,16,19). The summed E-state index contributed by atoms with van der Waals surface area (Å²) in [5.74, 6) is -0.470. The van der Waals surface area contributed by atoms with Crippen molar-refractivity contribution in [2.45, 2.75) is 0 Å². The van der Waals surface area contributed by atoms with Crippen LogP contribution in [0.3, 0.4) is 0 Å². The van der Waals surface area contributed by atoms with E-state index < -0.39 is 10.8 Å². The van der Waals surface area contributed by atoms with Crippen LogP contribution in [0.5, 0.6) is 0 Å². The van der Waals surface area contributed by atoms with Crippen LogP contribution in [0.15, 0.2) is 29.8 Å². The van der Waals surface area contributed by atoms with Gasteiger partial charge in [0.15, 0.2) is 5.11 Å². The minimum atomic E-state index is -0.538. The number of nitro benzene ring substituents is 1. The lowest BCUT2D eigenvalue weighted by Crippen LogP contribution is -2.34. The number of hydrogen-bond donors (Lipinski definition) is 2. The topological polar surface area (TPSA) is 110 Å². The third kappa shape index (κ3) is 3.52. The molecule has 1 aromatic carbocycles. The third-order valence-corrected chi connectivity index (χ3v) is 2.96. The van der Waals surface area contributed by atoms with Crippen LogP contribution >= 0.6 is 23.6 Å². The van der Waals surface area contributed by atoms with Gasteiger partial charge in [0.1, 0.15) is 5.51 Å². The second-order valence-corrected chi connectivity index (χ2v) is 4.70. The molecule has 1 aromatic heterocycles. The first-order valence-corrected chi connectivity index (χ1v) is 6.48. The fourth-order valence-electron chi connectivity index (χ4n) is 1.27. The third-order valence-electron chi connectivity index (χ3n) is 2.15. The predicted octanol–water partition coefficient (Wildman–Crippen LogP) is 1.57. The minimum absolute atomic E-state index is 0.0742. The second kappa shape index (κ2) is 6.12. The van der Waals surface area contributed by atoms with Crippen LogP contribution in [0.2, 0.25) is 0 Å². The number of aromatic nitrogens is 2. The highest BCUT2D eigenvalue weighted by atomic mass is 32.1. The molecule has 1 amide bonds. The summed E-state index contributed by atoms with van der Waals surface area (Å²) in [5, 5.41) is 23.5. The molecule has 0 radical (unpaired) electrons. The van der Waals surface area contributed by atoms with Gasteiger partial charge in [0.2, 0.25) is 5.13 Å². The largest absolute Gasteiger partial charge is 0.307 e. The Morgan fingerprint density at radius 2 is 2.05 bits per heavy atom. The lowest BCUT2D eigenvalue weighted by atomic mass is 10.2. The first-order chi connectivity index (χ1) is 9.56. The van der Waals surface area contributed by atoms with Gasteiger partial charge in [-0.25, -0.2) is 0 Å². The number of nitrogens with zero attached hydrogens (tertiary/aromatic N) is 3. The number of thiocarbonyl (C=S) groups is 1. The van der Waals surface area contributed by atoms with Crippen LogP contribution in [-0.4, -0.2) is 26.1 Å². The van der Waals surface area contributed by atoms with E-state index in [1.165, 1.54) is 41.1 Å². The number of nitrogens with one attached hydrogen (secondary N) is 2. The van der Waals surface area contributed by atoms with Crippen LogP contribution in [0, 0.1) is 10.1 Å². The molecular weight excluding hydrogens is 302 g/mol. The molecule has 0 spiro atoms. The molecule has 0 bridgehead atoms. The van der Waals surface area contributed by atoms with E-state index in [0.29, 0.717) is 5.13 Å². The zero-order valence-electron chi connectivity index (χ0n) is 9.77. The first-order valence-electron chi connectivity index (χ1n) is 5.19. The fourth-order valence-corrected chi connectivity index (χ4v) is 1.97. The molecule has 0 saturated carbocycles. The van der Waals surface area contributed by atoms with E-state index >= 15 is 0 Å². The van der Waals surface area contributed by atoms with Crippen molar-refractivity contribution in [1.29, 1.82) is 0 Å². The maximum atomic E-state index is 11.8. The summed E-state index contributed by atoms with van der Waals surface area (Å²) in [6.45, 7) is 0.